The number of carbonyl (C=O) groups is 1. The van der Waals surface area contributed by atoms with E-state index in [1.165, 1.54) is 22.9 Å². The van der Waals surface area contributed by atoms with Crippen molar-refractivity contribution in [1.82, 2.24) is 24.8 Å². The summed E-state index contributed by atoms with van der Waals surface area (Å²) in [5.74, 6) is 0.391. The molecular formula is C18H21N5OS. The standard InChI is InChI=1S/C18H21N5OS/c1-11-6-7-15(8-12(11)2)23-13(3)9-16(14(23)4)17(24)10-25-18-19-20-21-22(18)5/h6-9H,10H2,1-5H3. The van der Waals surface area contributed by atoms with Crippen LogP contribution in [0.1, 0.15) is 32.9 Å². The number of carbonyl (C=O) groups excluding carboxylic acids is 1. The van der Waals surface area contributed by atoms with Gasteiger partial charge in [-0.15, -0.1) is 5.10 Å². The zero-order chi connectivity index (χ0) is 18.1. The molecule has 0 bridgehead atoms. The molecule has 130 valence electrons. The van der Waals surface area contributed by atoms with Gasteiger partial charge in [0.2, 0.25) is 5.16 Å². The number of aryl methyl sites for hydroxylation is 4. The number of hydrogen-bond donors (Lipinski definition) is 0. The number of Topliss-reactive ketones (excluding diaryl/α,β-unsaturated/α-hetero) is 1. The minimum absolute atomic E-state index is 0.0798. The fraction of sp³-hybridized carbons (Fsp3) is 0.333. The van der Waals surface area contributed by atoms with Crippen LogP contribution < -0.4 is 0 Å². The molecule has 0 unspecified atom stereocenters. The summed E-state index contributed by atoms with van der Waals surface area (Å²) in [6.45, 7) is 8.22. The van der Waals surface area contributed by atoms with E-state index in [4.69, 9.17) is 0 Å². The fourth-order valence-corrected chi connectivity index (χ4v) is 3.59. The zero-order valence-corrected chi connectivity index (χ0v) is 15.9. The molecule has 0 N–H and O–H groups in total. The Kier molecular flexibility index (Phi) is 4.76. The lowest BCUT2D eigenvalue weighted by atomic mass is 10.1. The summed E-state index contributed by atoms with van der Waals surface area (Å²) < 4.78 is 3.70. The summed E-state index contributed by atoms with van der Waals surface area (Å²) in [4.78, 5) is 12.7. The highest BCUT2D eigenvalue weighted by molar-refractivity contribution is 7.99. The van der Waals surface area contributed by atoms with Crippen LogP contribution in [-0.4, -0.2) is 36.3 Å². The van der Waals surface area contributed by atoms with Crippen molar-refractivity contribution in [2.45, 2.75) is 32.9 Å². The average molecular weight is 355 g/mol. The molecule has 6 nitrogen and oxygen atoms in total. The SMILES string of the molecule is Cc1ccc(-n2c(C)cc(C(=O)CSc3nnnn3C)c2C)cc1C. The smallest absolute Gasteiger partial charge is 0.209 e. The third-order valence-electron chi connectivity index (χ3n) is 4.39. The highest BCUT2D eigenvalue weighted by atomic mass is 32.2. The molecule has 2 aromatic heterocycles. The highest BCUT2D eigenvalue weighted by Gasteiger charge is 2.18. The third-order valence-corrected chi connectivity index (χ3v) is 5.40. The summed E-state index contributed by atoms with van der Waals surface area (Å²) in [7, 11) is 1.76. The second kappa shape index (κ2) is 6.84. The molecule has 2 heterocycles. The molecule has 25 heavy (non-hydrogen) atoms. The molecule has 1 aromatic carbocycles. The summed E-state index contributed by atoms with van der Waals surface area (Å²) in [6.07, 6.45) is 0. The van der Waals surface area contributed by atoms with E-state index in [0.717, 1.165) is 22.6 Å². The van der Waals surface area contributed by atoms with E-state index < -0.39 is 0 Å². The Bertz CT molecular complexity index is 941. The van der Waals surface area contributed by atoms with E-state index >= 15 is 0 Å². The van der Waals surface area contributed by atoms with Gasteiger partial charge in [0.25, 0.3) is 0 Å². The summed E-state index contributed by atoms with van der Waals surface area (Å²) in [5.41, 5.74) is 6.34. The van der Waals surface area contributed by atoms with E-state index in [2.05, 4.69) is 52.1 Å². The lowest BCUT2D eigenvalue weighted by Gasteiger charge is -2.12. The van der Waals surface area contributed by atoms with Gasteiger partial charge in [0, 0.05) is 29.7 Å². The Morgan fingerprint density at radius 2 is 1.88 bits per heavy atom. The molecule has 0 aliphatic rings. The van der Waals surface area contributed by atoms with Crippen LogP contribution in [0.5, 0.6) is 0 Å². The summed E-state index contributed by atoms with van der Waals surface area (Å²) in [6, 6.07) is 8.32. The van der Waals surface area contributed by atoms with Crippen LogP contribution in [0.25, 0.3) is 5.69 Å². The van der Waals surface area contributed by atoms with E-state index in [9.17, 15) is 4.79 Å². The normalized spacial score (nSPS) is 11.1. The minimum Gasteiger partial charge on any atom is -0.318 e. The van der Waals surface area contributed by atoms with E-state index in [1.54, 1.807) is 11.7 Å². The number of tetrazole rings is 1. The molecule has 0 saturated heterocycles. The van der Waals surface area contributed by atoms with Gasteiger partial charge < -0.3 is 4.57 Å². The molecular weight excluding hydrogens is 334 g/mol. The van der Waals surface area contributed by atoms with Crippen LogP contribution in [-0.2, 0) is 7.05 Å². The molecule has 0 aliphatic carbocycles. The number of hydrogen-bond acceptors (Lipinski definition) is 5. The van der Waals surface area contributed by atoms with Gasteiger partial charge in [-0.2, -0.15) is 0 Å². The average Bonchev–Trinajstić information content (AvgIpc) is 3.11. The van der Waals surface area contributed by atoms with Gasteiger partial charge in [-0.25, -0.2) is 4.68 Å². The number of thioether (sulfide) groups is 1. The topological polar surface area (TPSA) is 65.6 Å². The van der Waals surface area contributed by atoms with E-state index in [0.29, 0.717) is 10.9 Å². The summed E-state index contributed by atoms with van der Waals surface area (Å²) >= 11 is 1.35. The van der Waals surface area contributed by atoms with Crippen LogP contribution in [0.4, 0.5) is 0 Å². The number of aromatic nitrogens is 5. The van der Waals surface area contributed by atoms with Gasteiger partial charge in [-0.05, 0) is 67.4 Å². The first-order valence-corrected chi connectivity index (χ1v) is 9.02. The Morgan fingerprint density at radius 1 is 1.12 bits per heavy atom. The van der Waals surface area contributed by atoms with Gasteiger partial charge in [0.05, 0.1) is 5.75 Å². The molecule has 3 rings (SSSR count). The second-order valence-corrected chi connectivity index (χ2v) is 7.13. The largest absolute Gasteiger partial charge is 0.318 e. The van der Waals surface area contributed by atoms with Crippen molar-refractivity contribution in [3.8, 4) is 5.69 Å². The third kappa shape index (κ3) is 3.37. The maximum absolute atomic E-state index is 12.7. The fourth-order valence-electron chi connectivity index (χ4n) is 2.86. The second-order valence-electron chi connectivity index (χ2n) is 6.19. The Hall–Kier alpha value is -2.41. The molecule has 0 atom stereocenters. The van der Waals surface area contributed by atoms with Crippen LogP contribution >= 0.6 is 11.8 Å². The van der Waals surface area contributed by atoms with Crippen LogP contribution in [0.15, 0.2) is 29.4 Å². The Labute approximate surface area is 151 Å². The molecule has 0 radical (unpaired) electrons. The van der Waals surface area contributed by atoms with Crippen molar-refractivity contribution < 1.29 is 4.79 Å². The molecule has 0 amide bonds. The molecule has 0 spiro atoms. The predicted molar refractivity (Wildman–Crippen MR) is 98.6 cm³/mol. The molecule has 7 heteroatoms. The number of benzene rings is 1. The van der Waals surface area contributed by atoms with Gasteiger partial charge in [-0.1, -0.05) is 17.8 Å². The van der Waals surface area contributed by atoms with Crippen molar-refractivity contribution in [1.29, 1.82) is 0 Å². The zero-order valence-electron chi connectivity index (χ0n) is 15.1. The van der Waals surface area contributed by atoms with Gasteiger partial charge in [-0.3, -0.25) is 4.79 Å². The van der Waals surface area contributed by atoms with E-state index in [1.807, 2.05) is 19.9 Å². The van der Waals surface area contributed by atoms with Gasteiger partial charge in [0.15, 0.2) is 5.78 Å². The minimum atomic E-state index is 0.0798. The van der Waals surface area contributed by atoms with Crippen molar-refractivity contribution in [3.05, 3.63) is 52.3 Å². The first-order valence-electron chi connectivity index (χ1n) is 8.03. The maximum atomic E-state index is 12.7. The monoisotopic (exact) mass is 355 g/mol. The lowest BCUT2D eigenvalue weighted by molar-refractivity contribution is 0.102. The Morgan fingerprint density at radius 3 is 2.52 bits per heavy atom. The molecule has 0 fully saturated rings. The number of rotatable bonds is 5. The van der Waals surface area contributed by atoms with Crippen molar-refractivity contribution in [2.24, 2.45) is 7.05 Å². The molecule has 3 aromatic rings. The van der Waals surface area contributed by atoms with Gasteiger partial charge >= 0.3 is 0 Å². The van der Waals surface area contributed by atoms with Crippen molar-refractivity contribution in [2.75, 3.05) is 5.75 Å². The lowest BCUT2D eigenvalue weighted by Crippen LogP contribution is -2.06. The van der Waals surface area contributed by atoms with Crippen LogP contribution in [0.3, 0.4) is 0 Å². The van der Waals surface area contributed by atoms with E-state index in [-0.39, 0.29) is 5.78 Å². The first kappa shape index (κ1) is 17.4. The maximum Gasteiger partial charge on any atom is 0.209 e. The van der Waals surface area contributed by atoms with Crippen LogP contribution in [0.2, 0.25) is 0 Å². The predicted octanol–water partition coefficient (Wildman–Crippen LogP) is 3.21. The van der Waals surface area contributed by atoms with Crippen LogP contribution in [0, 0.1) is 27.7 Å². The van der Waals surface area contributed by atoms with Gasteiger partial charge in [0.1, 0.15) is 0 Å². The first-order chi connectivity index (χ1) is 11.9. The molecule has 0 saturated carbocycles. The Balaban J connectivity index is 1.87. The number of nitrogens with zero attached hydrogens (tertiary/aromatic N) is 5. The highest BCUT2D eigenvalue weighted by Crippen LogP contribution is 2.24. The number of ketones is 1. The summed E-state index contributed by atoms with van der Waals surface area (Å²) in [5, 5.41) is 11.9. The molecule has 0 aliphatic heterocycles. The quantitative estimate of drug-likeness (QED) is 0.519. The van der Waals surface area contributed by atoms with Crippen molar-refractivity contribution in [3.63, 3.8) is 0 Å². The van der Waals surface area contributed by atoms with Crippen molar-refractivity contribution >= 4 is 17.5 Å².